The first-order valence-corrected chi connectivity index (χ1v) is 8.03. The molecule has 2 N–H and O–H groups in total. The molecule has 0 aromatic heterocycles. The third kappa shape index (κ3) is 5.97. The Morgan fingerprint density at radius 3 is 2.60 bits per heavy atom. The molecule has 0 aliphatic carbocycles. The van der Waals surface area contributed by atoms with E-state index in [9.17, 15) is 9.90 Å². The first-order valence-electron chi connectivity index (χ1n) is 7.05. The second kappa shape index (κ2) is 8.32. The summed E-state index contributed by atoms with van der Waals surface area (Å²) in [6.45, 7) is 8.40. The molecule has 0 radical (unpaired) electrons. The lowest BCUT2D eigenvalue weighted by molar-refractivity contribution is -0.121. The van der Waals surface area contributed by atoms with Crippen LogP contribution in [0.15, 0.2) is 23.1 Å². The molecule has 0 spiro atoms. The fraction of sp³-hybridized carbons (Fsp3) is 0.562. The van der Waals surface area contributed by atoms with Gasteiger partial charge in [0.2, 0.25) is 5.91 Å². The quantitative estimate of drug-likeness (QED) is 0.760. The molecule has 0 aliphatic rings. The zero-order chi connectivity index (χ0) is 15.1. The SMILES string of the molecule is Cc1ccc(SCCC(=O)NCC(O)C(C)C)cc1C. The smallest absolute Gasteiger partial charge is 0.220 e. The van der Waals surface area contributed by atoms with E-state index < -0.39 is 6.10 Å². The van der Waals surface area contributed by atoms with Gasteiger partial charge in [0.25, 0.3) is 0 Å². The maximum Gasteiger partial charge on any atom is 0.220 e. The molecule has 0 saturated carbocycles. The first kappa shape index (κ1) is 17.1. The van der Waals surface area contributed by atoms with Gasteiger partial charge in [0.05, 0.1) is 6.10 Å². The number of thioether (sulfide) groups is 1. The molecule has 1 amide bonds. The van der Waals surface area contributed by atoms with Crippen molar-refractivity contribution in [3.05, 3.63) is 29.3 Å². The molecule has 1 atom stereocenters. The zero-order valence-electron chi connectivity index (χ0n) is 12.8. The summed E-state index contributed by atoms with van der Waals surface area (Å²) >= 11 is 1.69. The minimum atomic E-state index is -0.466. The molecule has 0 aliphatic heterocycles. The van der Waals surface area contributed by atoms with Crippen LogP contribution in [0.4, 0.5) is 0 Å². The lowest BCUT2D eigenvalue weighted by Gasteiger charge is -2.14. The summed E-state index contributed by atoms with van der Waals surface area (Å²) in [5.41, 5.74) is 2.56. The molecule has 20 heavy (non-hydrogen) atoms. The van der Waals surface area contributed by atoms with Crippen molar-refractivity contribution in [1.29, 1.82) is 0 Å². The van der Waals surface area contributed by atoms with Gasteiger partial charge < -0.3 is 10.4 Å². The Hall–Kier alpha value is -1.00. The van der Waals surface area contributed by atoms with E-state index in [-0.39, 0.29) is 11.8 Å². The fourth-order valence-electron chi connectivity index (χ4n) is 1.61. The van der Waals surface area contributed by atoms with Crippen molar-refractivity contribution in [3.63, 3.8) is 0 Å². The van der Waals surface area contributed by atoms with Crippen LogP contribution in [0.3, 0.4) is 0 Å². The highest BCUT2D eigenvalue weighted by Gasteiger charge is 2.10. The van der Waals surface area contributed by atoms with Gasteiger partial charge in [-0.3, -0.25) is 4.79 Å². The molecule has 112 valence electrons. The van der Waals surface area contributed by atoms with E-state index in [2.05, 4.69) is 37.4 Å². The third-order valence-electron chi connectivity index (χ3n) is 3.35. The summed E-state index contributed by atoms with van der Waals surface area (Å²) in [6.07, 6.45) is 0.00827. The molecule has 1 rings (SSSR count). The highest BCUT2D eigenvalue weighted by Crippen LogP contribution is 2.21. The van der Waals surface area contributed by atoms with Gasteiger partial charge in [-0.25, -0.2) is 0 Å². The zero-order valence-corrected chi connectivity index (χ0v) is 13.6. The third-order valence-corrected chi connectivity index (χ3v) is 4.35. The summed E-state index contributed by atoms with van der Waals surface area (Å²) in [7, 11) is 0. The van der Waals surface area contributed by atoms with Crippen LogP contribution in [0.1, 0.15) is 31.4 Å². The molecule has 1 aromatic rings. The number of benzene rings is 1. The molecular formula is C16H25NO2S. The van der Waals surface area contributed by atoms with E-state index in [1.807, 2.05) is 13.8 Å². The predicted molar refractivity (Wildman–Crippen MR) is 85.1 cm³/mol. The maximum atomic E-state index is 11.6. The van der Waals surface area contributed by atoms with Crippen molar-refractivity contribution < 1.29 is 9.90 Å². The average molecular weight is 295 g/mol. The highest BCUT2D eigenvalue weighted by molar-refractivity contribution is 7.99. The minimum Gasteiger partial charge on any atom is -0.391 e. The van der Waals surface area contributed by atoms with Crippen molar-refractivity contribution >= 4 is 17.7 Å². The van der Waals surface area contributed by atoms with Crippen molar-refractivity contribution in [2.45, 2.75) is 45.1 Å². The van der Waals surface area contributed by atoms with Crippen LogP contribution in [-0.4, -0.2) is 29.4 Å². The van der Waals surface area contributed by atoms with Gasteiger partial charge in [-0.2, -0.15) is 0 Å². The Kier molecular flexibility index (Phi) is 7.10. The molecule has 0 fully saturated rings. The monoisotopic (exact) mass is 295 g/mol. The number of aliphatic hydroxyl groups excluding tert-OH is 1. The first-order chi connectivity index (χ1) is 9.40. The largest absolute Gasteiger partial charge is 0.391 e. The van der Waals surface area contributed by atoms with Crippen LogP contribution in [0.5, 0.6) is 0 Å². The number of hydrogen-bond donors (Lipinski definition) is 2. The Morgan fingerprint density at radius 1 is 1.30 bits per heavy atom. The van der Waals surface area contributed by atoms with Crippen molar-refractivity contribution in [2.24, 2.45) is 5.92 Å². The number of amides is 1. The number of nitrogens with one attached hydrogen (secondary N) is 1. The number of aliphatic hydroxyl groups is 1. The van der Waals surface area contributed by atoms with Crippen LogP contribution < -0.4 is 5.32 Å². The van der Waals surface area contributed by atoms with Gasteiger partial charge in [0.15, 0.2) is 0 Å². The van der Waals surface area contributed by atoms with Crippen LogP contribution in [0.25, 0.3) is 0 Å². The Bertz CT molecular complexity index is 446. The van der Waals surface area contributed by atoms with Crippen LogP contribution in [-0.2, 0) is 4.79 Å². The Labute approximate surface area is 126 Å². The van der Waals surface area contributed by atoms with Gasteiger partial charge >= 0.3 is 0 Å². The number of rotatable bonds is 7. The van der Waals surface area contributed by atoms with Crippen molar-refractivity contribution in [1.82, 2.24) is 5.32 Å². The second-order valence-electron chi connectivity index (χ2n) is 5.46. The summed E-state index contributed by atoms with van der Waals surface area (Å²) in [4.78, 5) is 12.8. The van der Waals surface area contributed by atoms with E-state index in [1.165, 1.54) is 16.0 Å². The van der Waals surface area contributed by atoms with Crippen molar-refractivity contribution in [2.75, 3.05) is 12.3 Å². The van der Waals surface area contributed by atoms with E-state index in [0.29, 0.717) is 13.0 Å². The van der Waals surface area contributed by atoms with E-state index in [4.69, 9.17) is 0 Å². The predicted octanol–water partition coefficient (Wildman–Crippen LogP) is 2.92. The lowest BCUT2D eigenvalue weighted by atomic mass is 10.1. The molecule has 1 aromatic carbocycles. The number of aryl methyl sites for hydroxylation is 2. The van der Waals surface area contributed by atoms with Gasteiger partial charge in [-0.15, -0.1) is 11.8 Å². The molecule has 0 bridgehead atoms. The number of carbonyl (C=O) groups excluding carboxylic acids is 1. The van der Waals surface area contributed by atoms with Crippen molar-refractivity contribution in [3.8, 4) is 0 Å². The topological polar surface area (TPSA) is 49.3 Å². The normalized spacial score (nSPS) is 12.5. The Morgan fingerprint density at radius 2 is 2.00 bits per heavy atom. The summed E-state index contributed by atoms with van der Waals surface area (Å²) in [6, 6.07) is 6.35. The molecular weight excluding hydrogens is 270 g/mol. The molecule has 0 saturated heterocycles. The summed E-state index contributed by atoms with van der Waals surface area (Å²) < 4.78 is 0. The Balaban J connectivity index is 2.26. The van der Waals surface area contributed by atoms with Gasteiger partial charge in [0, 0.05) is 23.6 Å². The van der Waals surface area contributed by atoms with E-state index in [1.54, 1.807) is 11.8 Å². The standard InChI is InChI=1S/C16H25NO2S/c1-11(2)15(18)10-17-16(19)7-8-20-14-6-5-12(3)13(4)9-14/h5-6,9,11,15,18H,7-8,10H2,1-4H3,(H,17,19). The average Bonchev–Trinajstić information content (AvgIpc) is 2.40. The van der Waals surface area contributed by atoms with Crippen LogP contribution >= 0.6 is 11.8 Å². The van der Waals surface area contributed by atoms with E-state index >= 15 is 0 Å². The number of carbonyl (C=O) groups is 1. The highest BCUT2D eigenvalue weighted by atomic mass is 32.2. The fourth-order valence-corrected chi connectivity index (χ4v) is 2.56. The van der Waals surface area contributed by atoms with Gasteiger partial charge in [-0.1, -0.05) is 19.9 Å². The second-order valence-corrected chi connectivity index (χ2v) is 6.63. The van der Waals surface area contributed by atoms with E-state index in [0.717, 1.165) is 5.75 Å². The van der Waals surface area contributed by atoms with Crippen LogP contribution in [0, 0.1) is 19.8 Å². The van der Waals surface area contributed by atoms with Crippen LogP contribution in [0.2, 0.25) is 0 Å². The van der Waals surface area contributed by atoms with Gasteiger partial charge in [-0.05, 0) is 43.0 Å². The molecule has 3 nitrogen and oxygen atoms in total. The molecule has 0 heterocycles. The lowest BCUT2D eigenvalue weighted by Crippen LogP contribution is -2.34. The minimum absolute atomic E-state index is 0.000957. The molecule has 1 unspecified atom stereocenters. The number of hydrogen-bond acceptors (Lipinski definition) is 3. The molecule has 4 heteroatoms. The summed E-state index contributed by atoms with van der Waals surface area (Å²) in [5, 5.41) is 12.4. The maximum absolute atomic E-state index is 11.6. The van der Waals surface area contributed by atoms with Gasteiger partial charge in [0.1, 0.15) is 0 Å². The summed E-state index contributed by atoms with van der Waals surface area (Å²) in [5.74, 6) is 0.924.